The molecular weight excluding hydrogens is 475 g/mol. The second kappa shape index (κ2) is 11.2. The Bertz CT molecular complexity index is 1130. The van der Waals surface area contributed by atoms with Crippen molar-refractivity contribution < 1.29 is 22.7 Å². The lowest BCUT2D eigenvalue weighted by atomic mass is 9.92. The highest BCUT2D eigenvalue weighted by Gasteiger charge is 2.52. The number of carbonyl (C=O) groups excluding carboxylic acids is 1. The molecule has 6 heteroatoms. The van der Waals surface area contributed by atoms with E-state index in [4.69, 9.17) is 4.74 Å². The highest BCUT2D eigenvalue weighted by atomic mass is 19.4. The fourth-order valence-corrected chi connectivity index (χ4v) is 5.06. The second-order valence-electron chi connectivity index (χ2n) is 10.7. The number of alkyl halides is 3. The Hall–Kier alpha value is -3.02. The molecule has 0 radical (unpaired) electrons. The molecule has 0 aromatic heterocycles. The Morgan fingerprint density at radius 2 is 1.68 bits per heavy atom. The molecule has 0 N–H and O–H groups in total. The topological polar surface area (TPSA) is 29.5 Å². The number of benzene rings is 2. The van der Waals surface area contributed by atoms with Crippen molar-refractivity contribution in [2.45, 2.75) is 70.1 Å². The van der Waals surface area contributed by atoms with Crippen LogP contribution in [0.15, 0.2) is 78.1 Å². The number of halogens is 3. The zero-order chi connectivity index (χ0) is 26.6. The van der Waals surface area contributed by atoms with Gasteiger partial charge >= 0.3 is 6.18 Å². The maximum Gasteiger partial charge on any atom is 0.412 e. The van der Waals surface area contributed by atoms with Crippen LogP contribution in [0.4, 0.5) is 13.2 Å². The maximum absolute atomic E-state index is 13.5. The molecular formula is C31H36F3NO2. The predicted molar refractivity (Wildman–Crippen MR) is 140 cm³/mol. The van der Waals surface area contributed by atoms with Crippen molar-refractivity contribution in [3.63, 3.8) is 0 Å². The standard InChI is InChI=1S/C31H36F3NO2/c1-22(2)21-23-9-11-25(12-10-23)30(18-19-30)29(36)35(3)20-17-28(24-7-5-4-6-8-24)37-27-15-13-26(14-16-27)31(32,33)34/h4-13,15,22,28H,14,16-21H2,1-3H3/t28-/m1/s1. The molecule has 2 aliphatic carbocycles. The minimum atomic E-state index is -4.31. The van der Waals surface area contributed by atoms with E-state index in [-0.39, 0.29) is 24.9 Å². The summed E-state index contributed by atoms with van der Waals surface area (Å²) in [6.07, 6.45) is 1.25. The summed E-state index contributed by atoms with van der Waals surface area (Å²) < 4.78 is 45.2. The third kappa shape index (κ3) is 6.65. The van der Waals surface area contributed by atoms with Gasteiger partial charge in [-0.1, -0.05) is 74.5 Å². The average molecular weight is 512 g/mol. The molecule has 4 rings (SSSR count). The molecule has 0 bridgehead atoms. The van der Waals surface area contributed by atoms with Crippen LogP contribution in [0.5, 0.6) is 0 Å². The number of allylic oxidation sites excluding steroid dienone is 4. The first kappa shape index (κ1) is 27.0. The van der Waals surface area contributed by atoms with Gasteiger partial charge in [-0.2, -0.15) is 13.2 Å². The van der Waals surface area contributed by atoms with E-state index < -0.39 is 17.2 Å². The van der Waals surface area contributed by atoms with E-state index in [9.17, 15) is 18.0 Å². The number of hydrogen-bond acceptors (Lipinski definition) is 2. The summed E-state index contributed by atoms with van der Waals surface area (Å²) in [7, 11) is 1.83. The van der Waals surface area contributed by atoms with Gasteiger partial charge < -0.3 is 9.64 Å². The number of likely N-dealkylation sites (N-methyl/N-ethyl adjacent to an activating group) is 1. The van der Waals surface area contributed by atoms with Crippen molar-refractivity contribution in [1.29, 1.82) is 0 Å². The zero-order valence-electron chi connectivity index (χ0n) is 21.9. The fourth-order valence-electron chi connectivity index (χ4n) is 5.06. The third-order valence-corrected chi connectivity index (χ3v) is 7.32. The van der Waals surface area contributed by atoms with Gasteiger partial charge in [0.2, 0.25) is 5.91 Å². The van der Waals surface area contributed by atoms with Crippen LogP contribution in [-0.4, -0.2) is 30.6 Å². The van der Waals surface area contributed by atoms with Crippen molar-refractivity contribution in [2.75, 3.05) is 13.6 Å². The van der Waals surface area contributed by atoms with Crippen LogP contribution >= 0.6 is 0 Å². The Morgan fingerprint density at radius 3 is 2.22 bits per heavy atom. The lowest BCUT2D eigenvalue weighted by Crippen LogP contribution is -2.37. The molecule has 2 aromatic rings. The number of amides is 1. The Morgan fingerprint density at radius 1 is 1.00 bits per heavy atom. The monoisotopic (exact) mass is 511 g/mol. The summed E-state index contributed by atoms with van der Waals surface area (Å²) in [6.45, 7) is 4.88. The van der Waals surface area contributed by atoms with E-state index in [1.54, 1.807) is 4.90 Å². The van der Waals surface area contributed by atoms with Crippen LogP contribution in [-0.2, 0) is 21.4 Å². The van der Waals surface area contributed by atoms with Gasteiger partial charge in [0, 0.05) is 32.0 Å². The largest absolute Gasteiger partial charge is 0.490 e. The lowest BCUT2D eigenvalue weighted by molar-refractivity contribution is -0.133. The van der Waals surface area contributed by atoms with Crippen molar-refractivity contribution in [2.24, 2.45) is 5.92 Å². The molecule has 0 saturated heterocycles. The van der Waals surface area contributed by atoms with Crippen molar-refractivity contribution in [3.8, 4) is 0 Å². The predicted octanol–water partition coefficient (Wildman–Crippen LogP) is 7.69. The van der Waals surface area contributed by atoms with Crippen molar-refractivity contribution in [3.05, 3.63) is 94.8 Å². The van der Waals surface area contributed by atoms with Crippen LogP contribution in [0.3, 0.4) is 0 Å². The van der Waals surface area contributed by atoms with Crippen molar-refractivity contribution >= 4 is 5.91 Å². The second-order valence-corrected chi connectivity index (χ2v) is 10.7. The molecule has 0 aliphatic heterocycles. The van der Waals surface area contributed by atoms with E-state index in [1.807, 2.05) is 37.4 Å². The molecule has 0 unspecified atom stereocenters. The normalized spacial score (nSPS) is 17.6. The van der Waals surface area contributed by atoms with Gasteiger partial charge in [0.25, 0.3) is 0 Å². The number of nitrogens with zero attached hydrogens (tertiary/aromatic N) is 1. The summed E-state index contributed by atoms with van der Waals surface area (Å²) in [6, 6.07) is 18.1. The Balaban J connectivity index is 1.42. The van der Waals surface area contributed by atoms with Crippen LogP contribution in [0, 0.1) is 5.92 Å². The first-order valence-electron chi connectivity index (χ1n) is 13.1. The van der Waals surface area contributed by atoms with Crippen LogP contribution in [0.2, 0.25) is 0 Å². The number of ether oxygens (including phenoxy) is 1. The fraction of sp³-hybridized carbons (Fsp3) is 0.452. The number of carbonyl (C=O) groups is 1. The lowest BCUT2D eigenvalue weighted by Gasteiger charge is -2.28. The van der Waals surface area contributed by atoms with Gasteiger partial charge in [-0.25, -0.2) is 0 Å². The van der Waals surface area contributed by atoms with Crippen LogP contribution in [0.25, 0.3) is 0 Å². The minimum absolute atomic E-state index is 0.0896. The highest BCUT2D eigenvalue weighted by Crippen LogP contribution is 2.49. The SMILES string of the molecule is CC(C)Cc1ccc(C2(C(=O)N(C)CC[C@@H](OC3=CC=C(C(F)(F)F)CC3)c3ccccc3)CC2)cc1. The third-order valence-electron chi connectivity index (χ3n) is 7.32. The number of hydrogen-bond donors (Lipinski definition) is 0. The van der Waals surface area contributed by atoms with Gasteiger partial charge in [-0.3, -0.25) is 4.79 Å². The molecule has 2 aliphatic rings. The molecule has 1 saturated carbocycles. The average Bonchev–Trinajstić information content (AvgIpc) is 3.68. The summed E-state index contributed by atoms with van der Waals surface area (Å²) >= 11 is 0. The smallest absolute Gasteiger partial charge is 0.412 e. The van der Waals surface area contributed by atoms with E-state index in [1.165, 1.54) is 11.6 Å². The molecule has 1 amide bonds. The van der Waals surface area contributed by atoms with Gasteiger partial charge in [-0.15, -0.1) is 0 Å². The number of rotatable bonds is 10. The highest BCUT2D eigenvalue weighted by molar-refractivity contribution is 5.91. The molecule has 37 heavy (non-hydrogen) atoms. The van der Waals surface area contributed by atoms with E-state index >= 15 is 0 Å². The molecule has 0 spiro atoms. The Labute approximate surface area is 218 Å². The molecule has 0 heterocycles. The van der Waals surface area contributed by atoms with Gasteiger partial charge in [0.05, 0.1) is 11.2 Å². The quantitative estimate of drug-likeness (QED) is 0.327. The summed E-state index contributed by atoms with van der Waals surface area (Å²) in [4.78, 5) is 15.3. The van der Waals surface area contributed by atoms with Crippen LogP contribution in [0.1, 0.15) is 68.7 Å². The van der Waals surface area contributed by atoms with Gasteiger partial charge in [-0.05, 0) is 54.4 Å². The molecule has 198 valence electrons. The summed E-state index contributed by atoms with van der Waals surface area (Å²) in [5.74, 6) is 1.24. The van der Waals surface area contributed by atoms with Gasteiger partial charge in [0.15, 0.2) is 0 Å². The Kier molecular flexibility index (Phi) is 8.15. The maximum atomic E-state index is 13.5. The van der Waals surface area contributed by atoms with Gasteiger partial charge in [0.1, 0.15) is 6.10 Å². The molecule has 1 atom stereocenters. The summed E-state index contributed by atoms with van der Waals surface area (Å²) in [5, 5.41) is 0. The first-order chi connectivity index (χ1) is 17.6. The zero-order valence-corrected chi connectivity index (χ0v) is 21.9. The van der Waals surface area contributed by atoms with E-state index in [0.717, 1.165) is 36.5 Å². The molecule has 2 aromatic carbocycles. The first-order valence-corrected chi connectivity index (χ1v) is 13.1. The van der Waals surface area contributed by atoms with E-state index in [2.05, 4.69) is 38.1 Å². The molecule has 1 fully saturated rings. The van der Waals surface area contributed by atoms with E-state index in [0.29, 0.717) is 24.6 Å². The summed E-state index contributed by atoms with van der Waals surface area (Å²) in [5.41, 5.74) is 2.32. The van der Waals surface area contributed by atoms with Crippen molar-refractivity contribution in [1.82, 2.24) is 4.90 Å². The molecule has 3 nitrogen and oxygen atoms in total. The van der Waals surface area contributed by atoms with Crippen LogP contribution < -0.4 is 0 Å². The minimum Gasteiger partial charge on any atom is -0.490 e.